The Bertz CT molecular complexity index is 1210. The predicted octanol–water partition coefficient (Wildman–Crippen LogP) is 4.98. The lowest BCUT2D eigenvalue weighted by molar-refractivity contribution is 0.142. The van der Waals surface area contributed by atoms with Crippen molar-refractivity contribution in [3.8, 4) is 16.9 Å². The lowest BCUT2D eigenvalue weighted by atomic mass is 9.98. The molecule has 5 rings (SSSR count). The van der Waals surface area contributed by atoms with Crippen LogP contribution in [-0.2, 0) is 11.3 Å². The van der Waals surface area contributed by atoms with Crippen LogP contribution in [0.3, 0.4) is 0 Å². The van der Waals surface area contributed by atoms with E-state index in [1.54, 1.807) is 24.4 Å². The van der Waals surface area contributed by atoms with Gasteiger partial charge >= 0.3 is 6.09 Å². The highest BCUT2D eigenvalue weighted by Crippen LogP contribution is 2.44. The van der Waals surface area contributed by atoms with Crippen molar-refractivity contribution in [1.82, 2.24) is 10.3 Å². The fourth-order valence-corrected chi connectivity index (χ4v) is 4.19. The maximum atomic E-state index is 12.4. The third-order valence-corrected chi connectivity index (χ3v) is 5.61. The van der Waals surface area contributed by atoms with Gasteiger partial charge in [0, 0.05) is 24.0 Å². The largest absolute Gasteiger partial charge is 0.506 e. The normalized spacial score (nSPS) is 12.4. The van der Waals surface area contributed by atoms with E-state index in [1.165, 1.54) is 22.3 Å². The number of ether oxygens (including phenoxy) is 1. The summed E-state index contributed by atoms with van der Waals surface area (Å²) >= 11 is 0. The molecule has 0 aliphatic heterocycles. The van der Waals surface area contributed by atoms with Gasteiger partial charge in [-0.05, 0) is 39.9 Å². The highest BCUT2D eigenvalue weighted by Gasteiger charge is 2.28. The monoisotopic (exact) mass is 396 g/mol. The van der Waals surface area contributed by atoms with E-state index in [0.29, 0.717) is 12.1 Å². The number of amides is 1. The Balaban J connectivity index is 1.28. The van der Waals surface area contributed by atoms with Crippen LogP contribution in [-0.4, -0.2) is 22.8 Å². The van der Waals surface area contributed by atoms with Crippen molar-refractivity contribution in [2.45, 2.75) is 12.5 Å². The molecule has 148 valence electrons. The topological polar surface area (TPSA) is 71.5 Å². The Kier molecular flexibility index (Phi) is 4.56. The van der Waals surface area contributed by atoms with Gasteiger partial charge in [-0.2, -0.15) is 0 Å². The molecule has 0 unspecified atom stereocenters. The van der Waals surface area contributed by atoms with Gasteiger partial charge in [-0.3, -0.25) is 4.98 Å². The van der Waals surface area contributed by atoms with E-state index in [4.69, 9.17) is 4.74 Å². The van der Waals surface area contributed by atoms with E-state index < -0.39 is 6.09 Å². The number of pyridine rings is 1. The van der Waals surface area contributed by atoms with Gasteiger partial charge in [-0.1, -0.05) is 60.7 Å². The van der Waals surface area contributed by atoms with Gasteiger partial charge in [-0.25, -0.2) is 4.79 Å². The molecule has 3 aromatic carbocycles. The van der Waals surface area contributed by atoms with Crippen LogP contribution >= 0.6 is 0 Å². The highest BCUT2D eigenvalue weighted by molar-refractivity contribution is 5.87. The number of rotatable bonds is 4. The molecule has 1 heterocycles. The molecule has 0 radical (unpaired) electrons. The molecule has 1 aliphatic carbocycles. The first-order chi connectivity index (χ1) is 14.7. The number of fused-ring (bicyclic) bond motifs is 4. The number of hydrogen-bond donors (Lipinski definition) is 2. The second-order valence-electron chi connectivity index (χ2n) is 7.32. The summed E-state index contributed by atoms with van der Waals surface area (Å²) in [4.78, 5) is 16.6. The van der Waals surface area contributed by atoms with Crippen LogP contribution in [0.15, 0.2) is 79.0 Å². The molecule has 5 heteroatoms. The summed E-state index contributed by atoms with van der Waals surface area (Å²) in [7, 11) is 0. The number of phenols is 1. The smallest absolute Gasteiger partial charge is 0.407 e. The number of aromatic hydroxyl groups is 1. The SMILES string of the molecule is O=C(NCc1ccc(O)c2ncccc12)OCC1c2ccccc2-c2ccccc21. The number of alkyl carbamates (subject to hydrolysis) is 1. The molecular weight excluding hydrogens is 376 g/mol. The molecule has 0 atom stereocenters. The van der Waals surface area contributed by atoms with Crippen molar-refractivity contribution >= 4 is 17.0 Å². The van der Waals surface area contributed by atoms with Crippen molar-refractivity contribution in [3.05, 3.63) is 95.7 Å². The molecule has 0 saturated carbocycles. The van der Waals surface area contributed by atoms with Crippen LogP contribution in [0.1, 0.15) is 22.6 Å². The number of phenolic OH excluding ortho intramolecular Hbond substituents is 1. The van der Waals surface area contributed by atoms with E-state index in [-0.39, 0.29) is 18.3 Å². The van der Waals surface area contributed by atoms with Gasteiger partial charge in [0.2, 0.25) is 0 Å². The van der Waals surface area contributed by atoms with Crippen molar-refractivity contribution in [1.29, 1.82) is 0 Å². The Morgan fingerprint density at radius 3 is 2.37 bits per heavy atom. The van der Waals surface area contributed by atoms with Crippen LogP contribution in [0.2, 0.25) is 0 Å². The Morgan fingerprint density at radius 2 is 1.63 bits per heavy atom. The van der Waals surface area contributed by atoms with Crippen LogP contribution in [0.25, 0.3) is 22.0 Å². The molecule has 2 N–H and O–H groups in total. The predicted molar refractivity (Wildman–Crippen MR) is 115 cm³/mol. The molecule has 30 heavy (non-hydrogen) atoms. The third kappa shape index (κ3) is 3.14. The molecule has 1 amide bonds. The summed E-state index contributed by atoms with van der Waals surface area (Å²) < 4.78 is 5.58. The number of benzene rings is 3. The summed E-state index contributed by atoms with van der Waals surface area (Å²) in [5.41, 5.74) is 6.15. The Morgan fingerprint density at radius 1 is 0.933 bits per heavy atom. The minimum atomic E-state index is -0.470. The number of carbonyl (C=O) groups excluding carboxylic acids is 1. The zero-order chi connectivity index (χ0) is 20.5. The molecule has 5 nitrogen and oxygen atoms in total. The molecule has 0 fully saturated rings. The van der Waals surface area contributed by atoms with Gasteiger partial charge < -0.3 is 15.2 Å². The molecule has 1 aromatic heterocycles. The second-order valence-corrected chi connectivity index (χ2v) is 7.32. The number of hydrogen-bond acceptors (Lipinski definition) is 4. The number of nitrogens with one attached hydrogen (secondary N) is 1. The Hall–Kier alpha value is -3.86. The third-order valence-electron chi connectivity index (χ3n) is 5.61. The minimum Gasteiger partial charge on any atom is -0.506 e. The number of aromatic nitrogens is 1. The van der Waals surface area contributed by atoms with Gasteiger partial charge in [0.25, 0.3) is 0 Å². The summed E-state index contributed by atoms with van der Waals surface area (Å²) in [6, 6.07) is 23.5. The van der Waals surface area contributed by atoms with Crippen molar-refractivity contribution < 1.29 is 14.6 Å². The molecule has 4 aromatic rings. The van der Waals surface area contributed by atoms with E-state index in [0.717, 1.165) is 10.9 Å². The Labute approximate surface area is 174 Å². The van der Waals surface area contributed by atoms with Crippen molar-refractivity contribution in [2.75, 3.05) is 6.61 Å². The maximum absolute atomic E-state index is 12.4. The zero-order valence-corrected chi connectivity index (χ0v) is 16.2. The van der Waals surface area contributed by atoms with E-state index >= 15 is 0 Å². The zero-order valence-electron chi connectivity index (χ0n) is 16.2. The summed E-state index contributed by atoms with van der Waals surface area (Å²) in [5, 5.41) is 13.6. The van der Waals surface area contributed by atoms with Crippen LogP contribution in [0.5, 0.6) is 5.75 Å². The molecule has 1 aliphatic rings. The minimum absolute atomic E-state index is 0.0295. The fraction of sp³-hybridized carbons (Fsp3) is 0.120. The fourth-order valence-electron chi connectivity index (χ4n) is 4.19. The molecule has 0 spiro atoms. The first-order valence-corrected chi connectivity index (χ1v) is 9.87. The molecule has 0 saturated heterocycles. The van der Waals surface area contributed by atoms with E-state index in [1.807, 2.05) is 30.3 Å². The van der Waals surface area contributed by atoms with Crippen LogP contribution in [0, 0.1) is 0 Å². The average molecular weight is 396 g/mol. The van der Waals surface area contributed by atoms with Gasteiger partial charge in [0.05, 0.1) is 0 Å². The number of carbonyl (C=O) groups is 1. The number of nitrogens with zero attached hydrogens (tertiary/aromatic N) is 1. The highest BCUT2D eigenvalue weighted by atomic mass is 16.5. The summed E-state index contributed by atoms with van der Waals surface area (Å²) in [6.07, 6.45) is 1.16. The standard InChI is InChI=1S/C25H20N2O3/c28-23-12-11-16(17-10-5-13-26-24(17)23)14-27-25(29)30-15-22-20-8-3-1-6-18(20)19-7-2-4-9-21(19)22/h1-13,22,28H,14-15H2,(H,27,29). The second kappa shape index (κ2) is 7.52. The van der Waals surface area contributed by atoms with Gasteiger partial charge in [0.1, 0.15) is 17.9 Å². The van der Waals surface area contributed by atoms with E-state index in [9.17, 15) is 9.90 Å². The first-order valence-electron chi connectivity index (χ1n) is 9.87. The summed E-state index contributed by atoms with van der Waals surface area (Å²) in [6.45, 7) is 0.566. The van der Waals surface area contributed by atoms with Gasteiger partial charge in [0.15, 0.2) is 0 Å². The van der Waals surface area contributed by atoms with Crippen molar-refractivity contribution in [3.63, 3.8) is 0 Å². The molecular formula is C25H20N2O3. The van der Waals surface area contributed by atoms with Crippen LogP contribution in [0.4, 0.5) is 4.79 Å². The van der Waals surface area contributed by atoms with Crippen molar-refractivity contribution in [2.24, 2.45) is 0 Å². The first kappa shape index (κ1) is 18.2. The van der Waals surface area contributed by atoms with E-state index in [2.05, 4.69) is 34.6 Å². The maximum Gasteiger partial charge on any atom is 0.407 e. The van der Waals surface area contributed by atoms with Crippen LogP contribution < -0.4 is 5.32 Å². The quantitative estimate of drug-likeness (QED) is 0.510. The lowest BCUT2D eigenvalue weighted by Gasteiger charge is -2.15. The van der Waals surface area contributed by atoms with Gasteiger partial charge in [-0.15, -0.1) is 0 Å². The summed E-state index contributed by atoms with van der Waals surface area (Å²) in [5.74, 6) is 0.150. The average Bonchev–Trinajstić information content (AvgIpc) is 3.11. The molecule has 0 bridgehead atoms. The lowest BCUT2D eigenvalue weighted by Crippen LogP contribution is -2.25.